The quantitative estimate of drug-likeness (QED) is 0.476. The van der Waals surface area contributed by atoms with Gasteiger partial charge in [0.2, 0.25) is 15.9 Å². The number of sulfonamides is 1. The summed E-state index contributed by atoms with van der Waals surface area (Å²) in [5, 5.41) is 3.31. The van der Waals surface area contributed by atoms with E-state index >= 15 is 0 Å². The standard InChI is InChI=1S/C22H29ClN2O4S2/c1-16(2)29-15-18-7-5-4-6-17(18)14-24-22(26)21(12-13-30-3)25-31(27,28)20-10-8-19(23)9-11-20/h4-11,16,21,25H,12-15H2,1-3H3,(H,24,26). The Morgan fingerprint density at radius 3 is 2.35 bits per heavy atom. The van der Waals surface area contributed by atoms with E-state index in [0.29, 0.717) is 23.8 Å². The van der Waals surface area contributed by atoms with E-state index in [9.17, 15) is 13.2 Å². The minimum Gasteiger partial charge on any atom is -0.374 e. The van der Waals surface area contributed by atoms with E-state index in [1.165, 1.54) is 24.3 Å². The van der Waals surface area contributed by atoms with Crippen molar-refractivity contribution in [2.45, 2.75) is 50.5 Å². The number of hydrogen-bond acceptors (Lipinski definition) is 5. The summed E-state index contributed by atoms with van der Waals surface area (Å²) in [5.41, 5.74) is 1.92. The molecule has 0 heterocycles. The summed E-state index contributed by atoms with van der Waals surface area (Å²) < 4.78 is 33.7. The molecule has 1 unspecified atom stereocenters. The molecule has 1 amide bonds. The number of benzene rings is 2. The first-order chi connectivity index (χ1) is 14.7. The second kappa shape index (κ2) is 12.5. The second-order valence-electron chi connectivity index (χ2n) is 7.26. The maximum Gasteiger partial charge on any atom is 0.241 e. The molecule has 170 valence electrons. The van der Waals surface area contributed by atoms with Crippen LogP contribution in [-0.2, 0) is 32.7 Å². The maximum atomic E-state index is 12.9. The van der Waals surface area contributed by atoms with Gasteiger partial charge in [0.05, 0.1) is 17.6 Å². The molecule has 2 aromatic rings. The van der Waals surface area contributed by atoms with Crippen molar-refractivity contribution in [2.75, 3.05) is 12.0 Å². The van der Waals surface area contributed by atoms with Crippen LogP contribution in [0.2, 0.25) is 5.02 Å². The van der Waals surface area contributed by atoms with Crippen molar-refractivity contribution >= 4 is 39.3 Å². The van der Waals surface area contributed by atoms with E-state index < -0.39 is 16.1 Å². The van der Waals surface area contributed by atoms with Crippen molar-refractivity contribution in [3.63, 3.8) is 0 Å². The molecular weight excluding hydrogens is 456 g/mol. The Hall–Kier alpha value is -1.58. The van der Waals surface area contributed by atoms with Crippen LogP contribution in [0.15, 0.2) is 53.4 Å². The fourth-order valence-corrected chi connectivity index (χ4v) is 4.61. The van der Waals surface area contributed by atoms with Crippen LogP contribution in [0.3, 0.4) is 0 Å². The van der Waals surface area contributed by atoms with Gasteiger partial charge >= 0.3 is 0 Å². The van der Waals surface area contributed by atoms with Gasteiger partial charge in [-0.15, -0.1) is 0 Å². The molecule has 0 saturated heterocycles. The van der Waals surface area contributed by atoms with E-state index in [0.717, 1.165) is 11.1 Å². The van der Waals surface area contributed by atoms with Gasteiger partial charge in [-0.25, -0.2) is 8.42 Å². The van der Waals surface area contributed by atoms with Gasteiger partial charge in [0.25, 0.3) is 0 Å². The predicted molar refractivity (Wildman–Crippen MR) is 127 cm³/mol. The average molecular weight is 485 g/mol. The molecule has 0 aromatic heterocycles. The lowest BCUT2D eigenvalue weighted by Gasteiger charge is -2.19. The highest BCUT2D eigenvalue weighted by Crippen LogP contribution is 2.16. The molecule has 0 radical (unpaired) electrons. The molecule has 2 N–H and O–H groups in total. The summed E-state index contributed by atoms with van der Waals surface area (Å²) >= 11 is 7.40. The van der Waals surface area contributed by atoms with E-state index in [2.05, 4.69) is 10.0 Å². The van der Waals surface area contributed by atoms with Crippen molar-refractivity contribution in [2.24, 2.45) is 0 Å². The minimum absolute atomic E-state index is 0.0648. The maximum absolute atomic E-state index is 12.9. The Morgan fingerprint density at radius 1 is 1.10 bits per heavy atom. The highest BCUT2D eigenvalue weighted by molar-refractivity contribution is 7.98. The van der Waals surface area contributed by atoms with Crippen LogP contribution in [0.1, 0.15) is 31.4 Å². The number of carbonyl (C=O) groups excluding carboxylic acids is 1. The normalized spacial score (nSPS) is 12.7. The highest BCUT2D eigenvalue weighted by Gasteiger charge is 2.25. The van der Waals surface area contributed by atoms with Crippen molar-refractivity contribution in [1.82, 2.24) is 10.0 Å². The van der Waals surface area contributed by atoms with Crippen LogP contribution in [0, 0.1) is 0 Å². The second-order valence-corrected chi connectivity index (χ2v) is 10.4. The lowest BCUT2D eigenvalue weighted by molar-refractivity contribution is -0.122. The van der Waals surface area contributed by atoms with Crippen LogP contribution in [0.4, 0.5) is 0 Å². The molecule has 9 heteroatoms. The number of carbonyl (C=O) groups is 1. The largest absolute Gasteiger partial charge is 0.374 e. The molecule has 2 aromatic carbocycles. The molecule has 2 rings (SSSR count). The summed E-state index contributed by atoms with van der Waals surface area (Å²) in [4.78, 5) is 12.9. The number of halogens is 1. The Bertz CT molecular complexity index is 950. The Morgan fingerprint density at radius 2 is 1.74 bits per heavy atom. The Kier molecular flexibility index (Phi) is 10.3. The SMILES string of the molecule is CSCCC(NS(=O)(=O)c1ccc(Cl)cc1)C(=O)NCc1ccccc1COC(C)C. The van der Waals surface area contributed by atoms with Gasteiger partial charge in [0.15, 0.2) is 0 Å². The fraction of sp³-hybridized carbons (Fsp3) is 0.409. The van der Waals surface area contributed by atoms with E-state index in [1.54, 1.807) is 11.8 Å². The third-order valence-corrected chi connectivity index (χ3v) is 6.88. The molecule has 0 aliphatic heterocycles. The fourth-order valence-electron chi connectivity index (χ4n) is 2.78. The number of thioether (sulfide) groups is 1. The lowest BCUT2D eigenvalue weighted by Crippen LogP contribution is -2.46. The third-order valence-electron chi connectivity index (χ3n) is 4.49. The van der Waals surface area contributed by atoms with Gasteiger partial charge in [0.1, 0.15) is 6.04 Å². The summed E-state index contributed by atoms with van der Waals surface area (Å²) in [6, 6.07) is 12.7. The number of ether oxygens (including phenoxy) is 1. The average Bonchev–Trinajstić information content (AvgIpc) is 2.74. The Balaban J connectivity index is 2.09. The van der Waals surface area contributed by atoms with Gasteiger partial charge in [-0.2, -0.15) is 16.5 Å². The lowest BCUT2D eigenvalue weighted by atomic mass is 10.1. The van der Waals surface area contributed by atoms with E-state index in [4.69, 9.17) is 16.3 Å². The first-order valence-corrected chi connectivity index (χ1v) is 13.2. The molecule has 0 bridgehead atoms. The third kappa shape index (κ3) is 8.46. The molecule has 0 saturated carbocycles. The smallest absolute Gasteiger partial charge is 0.241 e. The number of amides is 1. The topological polar surface area (TPSA) is 84.5 Å². The Labute approximate surface area is 194 Å². The van der Waals surface area contributed by atoms with Crippen LogP contribution >= 0.6 is 23.4 Å². The van der Waals surface area contributed by atoms with Crippen LogP contribution < -0.4 is 10.0 Å². The van der Waals surface area contributed by atoms with Crippen molar-refractivity contribution in [3.05, 3.63) is 64.7 Å². The van der Waals surface area contributed by atoms with Gasteiger partial charge in [0, 0.05) is 11.6 Å². The molecular formula is C22H29ClN2O4S2. The van der Waals surface area contributed by atoms with Crippen molar-refractivity contribution in [3.8, 4) is 0 Å². The van der Waals surface area contributed by atoms with Crippen LogP contribution in [0.5, 0.6) is 0 Å². The number of rotatable bonds is 12. The highest BCUT2D eigenvalue weighted by atomic mass is 35.5. The zero-order chi connectivity index (χ0) is 22.9. The molecule has 0 fully saturated rings. The van der Waals surface area contributed by atoms with Gasteiger partial charge in [-0.1, -0.05) is 35.9 Å². The van der Waals surface area contributed by atoms with Gasteiger partial charge in [-0.3, -0.25) is 4.79 Å². The van der Waals surface area contributed by atoms with Gasteiger partial charge < -0.3 is 10.1 Å². The van der Waals surface area contributed by atoms with E-state index in [-0.39, 0.29) is 23.5 Å². The van der Waals surface area contributed by atoms with Crippen LogP contribution in [0.25, 0.3) is 0 Å². The van der Waals surface area contributed by atoms with Crippen molar-refractivity contribution < 1.29 is 17.9 Å². The molecule has 31 heavy (non-hydrogen) atoms. The zero-order valence-electron chi connectivity index (χ0n) is 17.9. The zero-order valence-corrected chi connectivity index (χ0v) is 20.3. The van der Waals surface area contributed by atoms with Gasteiger partial charge in [-0.05, 0) is 67.7 Å². The first kappa shape index (κ1) is 25.7. The van der Waals surface area contributed by atoms with E-state index in [1.807, 2.05) is 44.4 Å². The molecule has 1 atom stereocenters. The monoisotopic (exact) mass is 484 g/mol. The van der Waals surface area contributed by atoms with Crippen molar-refractivity contribution in [1.29, 1.82) is 0 Å². The van der Waals surface area contributed by atoms with Crippen LogP contribution in [-0.4, -0.2) is 38.5 Å². The summed E-state index contributed by atoms with van der Waals surface area (Å²) in [6.07, 6.45) is 2.38. The summed E-state index contributed by atoms with van der Waals surface area (Å²) in [7, 11) is -3.86. The number of nitrogens with one attached hydrogen (secondary N) is 2. The molecule has 6 nitrogen and oxygen atoms in total. The molecule has 0 spiro atoms. The molecule has 0 aliphatic rings. The minimum atomic E-state index is -3.86. The summed E-state index contributed by atoms with van der Waals surface area (Å²) in [6.45, 7) is 4.67. The number of hydrogen-bond donors (Lipinski definition) is 2. The predicted octanol–water partition coefficient (Wildman–Crippen LogP) is 3.98. The summed E-state index contributed by atoms with van der Waals surface area (Å²) in [5.74, 6) is 0.270. The molecule has 0 aliphatic carbocycles. The first-order valence-electron chi connectivity index (χ1n) is 9.96.